The van der Waals surface area contributed by atoms with Crippen LogP contribution >= 0.6 is 11.3 Å². The van der Waals surface area contributed by atoms with Gasteiger partial charge in [0.2, 0.25) is 0 Å². The van der Waals surface area contributed by atoms with Gasteiger partial charge in [-0.1, -0.05) is 39.0 Å². The summed E-state index contributed by atoms with van der Waals surface area (Å²) in [6, 6.07) is 9.85. The van der Waals surface area contributed by atoms with Gasteiger partial charge in [0.05, 0.1) is 9.77 Å². The second kappa shape index (κ2) is 9.25. The van der Waals surface area contributed by atoms with Crippen LogP contribution in [0, 0.1) is 0 Å². The van der Waals surface area contributed by atoms with Gasteiger partial charge in [-0.25, -0.2) is 8.42 Å². The number of carbonyl (C=O) groups is 2. The summed E-state index contributed by atoms with van der Waals surface area (Å²) < 4.78 is 26.0. The fourth-order valence-corrected chi connectivity index (χ4v) is 4.67. The number of hydrazine groups is 1. The van der Waals surface area contributed by atoms with Gasteiger partial charge in [0, 0.05) is 18.0 Å². The SMILES string of the molecule is CC(C)(C)c1ccc(S(=O)(=O)NN(CC(=O)c2cccs2)C(=O)C2=CN=CCC2)cc1. The summed E-state index contributed by atoms with van der Waals surface area (Å²) in [7, 11) is -4.08. The van der Waals surface area contributed by atoms with Crippen LogP contribution in [0.5, 0.6) is 0 Å². The van der Waals surface area contributed by atoms with Gasteiger partial charge in [-0.2, -0.15) is 0 Å². The third-order valence-electron chi connectivity index (χ3n) is 4.76. The molecule has 2 heterocycles. The van der Waals surface area contributed by atoms with Crippen molar-refractivity contribution < 1.29 is 18.0 Å². The number of Topliss-reactive ketones (excluding diaryl/α,β-unsaturated/α-hetero) is 1. The number of ketones is 1. The van der Waals surface area contributed by atoms with E-state index in [0.717, 1.165) is 10.6 Å². The Kier molecular flexibility index (Phi) is 6.88. The molecule has 1 N–H and O–H groups in total. The highest BCUT2D eigenvalue weighted by molar-refractivity contribution is 7.89. The summed E-state index contributed by atoms with van der Waals surface area (Å²) in [5, 5.41) is 2.61. The topological polar surface area (TPSA) is 95.9 Å². The molecule has 31 heavy (non-hydrogen) atoms. The van der Waals surface area contributed by atoms with Crippen molar-refractivity contribution in [1.82, 2.24) is 9.84 Å². The third kappa shape index (κ3) is 5.75. The standard InChI is InChI=1S/C22H25N3O4S2/c1-22(2,3)17-8-10-18(11-9-17)31(28,29)24-25(15-19(26)20-7-5-13-30-20)21(27)16-6-4-12-23-14-16/h5,7-14,24H,4,6,15H2,1-3H3. The van der Waals surface area contributed by atoms with Gasteiger partial charge in [-0.15, -0.1) is 16.2 Å². The largest absolute Gasteiger partial charge is 0.291 e. The van der Waals surface area contributed by atoms with E-state index < -0.39 is 22.5 Å². The molecule has 1 aliphatic rings. The Morgan fingerprint density at radius 3 is 2.42 bits per heavy atom. The van der Waals surface area contributed by atoms with E-state index in [9.17, 15) is 18.0 Å². The lowest BCUT2D eigenvalue weighted by atomic mass is 9.87. The van der Waals surface area contributed by atoms with E-state index in [0.29, 0.717) is 23.3 Å². The molecule has 0 aliphatic carbocycles. The zero-order chi connectivity index (χ0) is 22.6. The monoisotopic (exact) mass is 459 g/mol. The van der Waals surface area contributed by atoms with Gasteiger partial charge in [0.15, 0.2) is 5.78 Å². The van der Waals surface area contributed by atoms with Crippen molar-refractivity contribution in [1.29, 1.82) is 0 Å². The maximum Gasteiger partial charge on any atom is 0.266 e. The molecule has 9 heteroatoms. The van der Waals surface area contributed by atoms with Crippen molar-refractivity contribution >= 4 is 39.3 Å². The number of rotatable bonds is 7. The molecule has 0 radical (unpaired) electrons. The van der Waals surface area contributed by atoms with E-state index in [1.807, 2.05) is 20.8 Å². The molecule has 1 amide bonds. The molecule has 0 atom stereocenters. The second-order valence-corrected chi connectivity index (χ2v) is 10.8. The summed E-state index contributed by atoms with van der Waals surface area (Å²) in [6.45, 7) is 5.68. The minimum atomic E-state index is -4.08. The summed E-state index contributed by atoms with van der Waals surface area (Å²) in [5.41, 5.74) is 1.20. The predicted octanol–water partition coefficient (Wildman–Crippen LogP) is 3.70. The number of sulfonamides is 1. The molecular weight excluding hydrogens is 434 g/mol. The highest BCUT2D eigenvalue weighted by atomic mass is 32.2. The number of benzene rings is 1. The van der Waals surface area contributed by atoms with Crippen LogP contribution in [0.2, 0.25) is 0 Å². The van der Waals surface area contributed by atoms with Gasteiger partial charge < -0.3 is 0 Å². The molecule has 1 aromatic heterocycles. The lowest BCUT2D eigenvalue weighted by Gasteiger charge is -2.24. The number of amides is 1. The number of nitrogens with zero attached hydrogens (tertiary/aromatic N) is 2. The van der Waals surface area contributed by atoms with E-state index in [2.05, 4.69) is 9.82 Å². The van der Waals surface area contributed by atoms with Crippen LogP contribution in [0.15, 0.2) is 63.4 Å². The first-order valence-electron chi connectivity index (χ1n) is 9.80. The molecule has 1 aromatic carbocycles. The van der Waals surface area contributed by atoms with Crippen molar-refractivity contribution in [3.8, 4) is 0 Å². The molecule has 7 nitrogen and oxygen atoms in total. The van der Waals surface area contributed by atoms with Crippen molar-refractivity contribution in [3.63, 3.8) is 0 Å². The molecule has 164 valence electrons. The number of thiophene rings is 1. The molecule has 1 aliphatic heterocycles. The minimum absolute atomic E-state index is 0.0116. The fourth-order valence-electron chi connectivity index (χ4n) is 2.97. The number of hydrogen-bond donors (Lipinski definition) is 1. The van der Waals surface area contributed by atoms with Gasteiger partial charge in [0.1, 0.15) is 6.54 Å². The normalized spacial score (nSPS) is 14.2. The van der Waals surface area contributed by atoms with E-state index in [1.54, 1.807) is 35.9 Å². The lowest BCUT2D eigenvalue weighted by molar-refractivity contribution is -0.128. The van der Waals surface area contributed by atoms with Crippen LogP contribution in [-0.2, 0) is 20.2 Å². The summed E-state index contributed by atoms with van der Waals surface area (Å²) in [6.07, 6.45) is 4.08. The van der Waals surface area contributed by atoms with Gasteiger partial charge in [-0.3, -0.25) is 19.6 Å². The maximum absolute atomic E-state index is 13.0. The Morgan fingerprint density at radius 2 is 1.87 bits per heavy atom. The fraction of sp³-hybridized carbons (Fsp3) is 0.318. The number of nitrogens with one attached hydrogen (secondary N) is 1. The lowest BCUT2D eigenvalue weighted by Crippen LogP contribution is -2.49. The van der Waals surface area contributed by atoms with Gasteiger partial charge >= 0.3 is 0 Å². The molecular formula is C22H25N3O4S2. The third-order valence-corrected chi connectivity index (χ3v) is 7.02. The zero-order valence-corrected chi connectivity index (χ0v) is 19.3. The number of aliphatic imine (C=N–C) groups is 1. The summed E-state index contributed by atoms with van der Waals surface area (Å²) in [5.74, 6) is -0.939. The van der Waals surface area contributed by atoms with Crippen LogP contribution in [0.1, 0.15) is 48.8 Å². The van der Waals surface area contributed by atoms with Crippen molar-refractivity contribution in [2.24, 2.45) is 4.99 Å². The molecule has 3 rings (SSSR count). The number of hydrogen-bond acceptors (Lipinski definition) is 6. The first-order chi connectivity index (χ1) is 14.6. The molecule has 0 saturated carbocycles. The smallest absolute Gasteiger partial charge is 0.266 e. The molecule has 0 unspecified atom stereocenters. The average Bonchev–Trinajstić information content (AvgIpc) is 3.28. The van der Waals surface area contributed by atoms with Crippen molar-refractivity contribution in [2.45, 2.75) is 43.9 Å². The van der Waals surface area contributed by atoms with Crippen LogP contribution in [0.4, 0.5) is 0 Å². The van der Waals surface area contributed by atoms with Crippen molar-refractivity contribution in [2.75, 3.05) is 6.54 Å². The Hall–Kier alpha value is -2.62. The molecule has 0 fully saturated rings. The second-order valence-electron chi connectivity index (χ2n) is 8.19. The molecule has 0 bridgehead atoms. The maximum atomic E-state index is 13.0. The van der Waals surface area contributed by atoms with Gasteiger partial charge in [-0.05, 0) is 47.4 Å². The van der Waals surface area contributed by atoms with Gasteiger partial charge in [0.25, 0.3) is 15.9 Å². The van der Waals surface area contributed by atoms with E-state index >= 15 is 0 Å². The average molecular weight is 460 g/mol. The Bertz CT molecular complexity index is 1110. The molecule has 0 saturated heterocycles. The van der Waals surface area contributed by atoms with E-state index in [-0.39, 0.29) is 16.1 Å². The van der Waals surface area contributed by atoms with Crippen molar-refractivity contribution in [3.05, 3.63) is 64.0 Å². The highest BCUT2D eigenvalue weighted by Crippen LogP contribution is 2.23. The highest BCUT2D eigenvalue weighted by Gasteiger charge is 2.28. The Labute approximate surface area is 186 Å². The summed E-state index contributed by atoms with van der Waals surface area (Å²) in [4.78, 5) is 32.4. The first-order valence-corrected chi connectivity index (χ1v) is 12.2. The zero-order valence-electron chi connectivity index (χ0n) is 17.7. The summed E-state index contributed by atoms with van der Waals surface area (Å²) >= 11 is 1.24. The van der Waals surface area contributed by atoms with E-state index in [1.165, 1.54) is 29.7 Å². The van der Waals surface area contributed by atoms with E-state index in [4.69, 9.17) is 0 Å². The Balaban J connectivity index is 1.87. The Morgan fingerprint density at radius 1 is 1.16 bits per heavy atom. The molecule has 0 spiro atoms. The predicted molar refractivity (Wildman–Crippen MR) is 122 cm³/mol. The van der Waals surface area contributed by atoms with Crippen LogP contribution in [-0.4, -0.2) is 37.9 Å². The minimum Gasteiger partial charge on any atom is -0.291 e. The molecule has 2 aromatic rings. The van der Waals surface area contributed by atoms with Crippen LogP contribution < -0.4 is 4.83 Å². The number of carbonyl (C=O) groups excluding carboxylic acids is 2. The van der Waals surface area contributed by atoms with Crippen LogP contribution in [0.3, 0.4) is 0 Å². The quantitative estimate of drug-likeness (QED) is 0.504. The van der Waals surface area contributed by atoms with Crippen LogP contribution in [0.25, 0.3) is 0 Å². The first kappa shape index (κ1) is 23.1.